The van der Waals surface area contributed by atoms with Crippen molar-refractivity contribution in [3.05, 3.63) is 18.2 Å². The third kappa shape index (κ3) is 3.05. The minimum Gasteiger partial charge on any atom is -0.497 e. The second-order valence-corrected chi connectivity index (χ2v) is 2.84. The number of ether oxygens (including phenoxy) is 2. The zero-order chi connectivity index (χ0) is 11.3. The van der Waals surface area contributed by atoms with E-state index in [1.165, 1.54) is 0 Å². The molecule has 0 aromatic heterocycles. The van der Waals surface area contributed by atoms with E-state index in [9.17, 15) is 0 Å². The molecule has 0 saturated carbocycles. The van der Waals surface area contributed by atoms with Crippen molar-refractivity contribution in [1.82, 2.24) is 0 Å². The summed E-state index contributed by atoms with van der Waals surface area (Å²) in [5, 5.41) is 2.91. The molecule has 0 fully saturated rings. The highest BCUT2D eigenvalue weighted by molar-refractivity contribution is 5.92. The Kier molecular flexibility index (Phi) is 3.79. The molecule has 0 unspecified atom stereocenters. The number of nitrogens with two attached hydrogens (primary N) is 1. The van der Waals surface area contributed by atoms with E-state index in [1.807, 2.05) is 0 Å². The Morgan fingerprint density at radius 2 is 1.73 bits per heavy atom. The van der Waals surface area contributed by atoms with Crippen molar-refractivity contribution < 1.29 is 9.47 Å². The number of nitrogens with zero attached hydrogens (tertiary/aromatic N) is 1. The molecule has 0 radical (unpaired) electrons. The molecule has 0 aliphatic rings. The average molecular weight is 209 g/mol. The highest BCUT2D eigenvalue weighted by Crippen LogP contribution is 2.25. The molecule has 0 amide bonds. The first-order valence-electron chi connectivity index (χ1n) is 4.42. The van der Waals surface area contributed by atoms with E-state index >= 15 is 0 Å². The Balaban J connectivity index is 2.96. The van der Waals surface area contributed by atoms with Crippen molar-refractivity contribution in [2.75, 3.05) is 26.6 Å². The summed E-state index contributed by atoms with van der Waals surface area (Å²) in [7, 11) is 4.80. The molecule has 0 saturated heterocycles. The number of methoxy groups -OCH3 is 2. The molecule has 82 valence electrons. The van der Waals surface area contributed by atoms with Gasteiger partial charge in [0.05, 0.1) is 14.2 Å². The SMILES string of the molecule is CN=C(N)Nc1cc(OC)cc(OC)c1. The van der Waals surface area contributed by atoms with Crippen LogP contribution < -0.4 is 20.5 Å². The monoisotopic (exact) mass is 209 g/mol. The number of hydrogen-bond donors (Lipinski definition) is 2. The van der Waals surface area contributed by atoms with Gasteiger partial charge in [0.25, 0.3) is 0 Å². The topological polar surface area (TPSA) is 68.9 Å². The Morgan fingerprint density at radius 3 is 2.13 bits per heavy atom. The molecule has 1 aromatic rings. The zero-order valence-electron chi connectivity index (χ0n) is 9.07. The summed E-state index contributed by atoms with van der Waals surface area (Å²) in [6.07, 6.45) is 0. The van der Waals surface area contributed by atoms with Gasteiger partial charge in [-0.1, -0.05) is 0 Å². The largest absolute Gasteiger partial charge is 0.497 e. The van der Waals surface area contributed by atoms with Crippen molar-refractivity contribution in [3.8, 4) is 11.5 Å². The smallest absolute Gasteiger partial charge is 0.192 e. The zero-order valence-corrected chi connectivity index (χ0v) is 9.07. The lowest BCUT2D eigenvalue weighted by Crippen LogP contribution is -2.21. The summed E-state index contributed by atoms with van der Waals surface area (Å²) in [5.41, 5.74) is 6.32. The summed E-state index contributed by atoms with van der Waals surface area (Å²) >= 11 is 0. The summed E-state index contributed by atoms with van der Waals surface area (Å²) < 4.78 is 10.2. The maximum absolute atomic E-state index is 5.55. The maximum Gasteiger partial charge on any atom is 0.192 e. The summed E-state index contributed by atoms with van der Waals surface area (Å²) in [6, 6.07) is 5.39. The van der Waals surface area contributed by atoms with Gasteiger partial charge in [-0.25, -0.2) is 0 Å². The van der Waals surface area contributed by atoms with Gasteiger partial charge in [0.2, 0.25) is 0 Å². The summed E-state index contributed by atoms with van der Waals surface area (Å²) in [4.78, 5) is 3.80. The fourth-order valence-electron chi connectivity index (χ4n) is 1.08. The fourth-order valence-corrected chi connectivity index (χ4v) is 1.08. The van der Waals surface area contributed by atoms with Gasteiger partial charge < -0.3 is 20.5 Å². The predicted molar refractivity (Wildman–Crippen MR) is 60.7 cm³/mol. The van der Waals surface area contributed by atoms with Crippen LogP contribution in [0.25, 0.3) is 0 Å². The van der Waals surface area contributed by atoms with Crippen LogP contribution in [0, 0.1) is 0 Å². The van der Waals surface area contributed by atoms with Crippen LogP contribution in [0.1, 0.15) is 0 Å². The number of benzene rings is 1. The first-order chi connectivity index (χ1) is 7.19. The van der Waals surface area contributed by atoms with Gasteiger partial charge in [-0.15, -0.1) is 0 Å². The highest BCUT2D eigenvalue weighted by Gasteiger charge is 2.02. The van der Waals surface area contributed by atoms with Crippen LogP contribution in [-0.4, -0.2) is 27.2 Å². The molecular formula is C10H15N3O2. The van der Waals surface area contributed by atoms with Crippen LogP contribution in [0.5, 0.6) is 11.5 Å². The Bertz CT molecular complexity index is 341. The van der Waals surface area contributed by atoms with E-state index < -0.39 is 0 Å². The van der Waals surface area contributed by atoms with Crippen LogP contribution >= 0.6 is 0 Å². The molecule has 0 spiro atoms. The molecular weight excluding hydrogens is 194 g/mol. The van der Waals surface area contributed by atoms with Crippen molar-refractivity contribution in [1.29, 1.82) is 0 Å². The quantitative estimate of drug-likeness (QED) is 0.577. The second kappa shape index (κ2) is 5.09. The van der Waals surface area contributed by atoms with Gasteiger partial charge >= 0.3 is 0 Å². The van der Waals surface area contributed by atoms with Crippen LogP contribution in [0.15, 0.2) is 23.2 Å². The van der Waals surface area contributed by atoms with Crippen LogP contribution in [0.3, 0.4) is 0 Å². The highest BCUT2D eigenvalue weighted by atomic mass is 16.5. The van der Waals surface area contributed by atoms with E-state index in [1.54, 1.807) is 39.5 Å². The van der Waals surface area contributed by atoms with Crippen LogP contribution in [0.4, 0.5) is 5.69 Å². The van der Waals surface area contributed by atoms with Gasteiger partial charge in [0.1, 0.15) is 11.5 Å². The Labute approximate surface area is 88.9 Å². The predicted octanol–water partition coefficient (Wildman–Crippen LogP) is 1.06. The molecule has 0 heterocycles. The molecule has 0 atom stereocenters. The number of hydrogen-bond acceptors (Lipinski definition) is 3. The average Bonchev–Trinajstić information content (AvgIpc) is 2.28. The van der Waals surface area contributed by atoms with Gasteiger partial charge in [-0.2, -0.15) is 0 Å². The van der Waals surface area contributed by atoms with E-state index in [0.29, 0.717) is 17.5 Å². The van der Waals surface area contributed by atoms with E-state index in [0.717, 1.165) is 5.69 Å². The van der Waals surface area contributed by atoms with Crippen LogP contribution in [0.2, 0.25) is 0 Å². The number of rotatable bonds is 3. The minimum absolute atomic E-state index is 0.338. The number of aliphatic imine (C=N–C) groups is 1. The van der Waals surface area contributed by atoms with Crippen molar-refractivity contribution >= 4 is 11.6 Å². The molecule has 5 nitrogen and oxygen atoms in total. The van der Waals surface area contributed by atoms with Crippen LogP contribution in [-0.2, 0) is 0 Å². The van der Waals surface area contributed by atoms with Crippen molar-refractivity contribution in [2.24, 2.45) is 10.7 Å². The minimum atomic E-state index is 0.338. The van der Waals surface area contributed by atoms with E-state index in [2.05, 4.69) is 10.3 Å². The van der Waals surface area contributed by atoms with E-state index in [4.69, 9.17) is 15.2 Å². The lowest BCUT2D eigenvalue weighted by Gasteiger charge is -2.09. The molecule has 0 bridgehead atoms. The van der Waals surface area contributed by atoms with E-state index in [-0.39, 0.29) is 0 Å². The molecule has 0 aliphatic heterocycles. The lowest BCUT2D eigenvalue weighted by molar-refractivity contribution is 0.395. The first kappa shape index (κ1) is 11.2. The van der Waals surface area contributed by atoms with Crippen molar-refractivity contribution in [3.63, 3.8) is 0 Å². The van der Waals surface area contributed by atoms with Gasteiger partial charge in [-0.3, -0.25) is 4.99 Å². The molecule has 5 heteroatoms. The van der Waals surface area contributed by atoms with Gasteiger partial charge in [0, 0.05) is 30.9 Å². The number of guanidine groups is 1. The normalized spacial score (nSPS) is 11.0. The van der Waals surface area contributed by atoms with Gasteiger partial charge in [-0.05, 0) is 0 Å². The molecule has 1 rings (SSSR count). The Morgan fingerprint density at radius 1 is 1.20 bits per heavy atom. The standard InChI is InChI=1S/C10H15N3O2/c1-12-10(11)13-7-4-8(14-2)6-9(5-7)15-3/h4-6H,1-3H3,(H3,11,12,13). The van der Waals surface area contributed by atoms with Gasteiger partial charge in [0.15, 0.2) is 5.96 Å². The Hall–Kier alpha value is -1.91. The number of anilines is 1. The summed E-state index contributed by atoms with van der Waals surface area (Å²) in [5.74, 6) is 1.73. The maximum atomic E-state index is 5.55. The molecule has 1 aromatic carbocycles. The van der Waals surface area contributed by atoms with Crippen molar-refractivity contribution in [2.45, 2.75) is 0 Å². The molecule has 15 heavy (non-hydrogen) atoms. The molecule has 0 aliphatic carbocycles. The lowest BCUT2D eigenvalue weighted by atomic mass is 10.3. The number of nitrogens with one attached hydrogen (secondary N) is 1. The third-order valence-electron chi connectivity index (χ3n) is 1.86. The second-order valence-electron chi connectivity index (χ2n) is 2.84. The summed E-state index contributed by atoms with van der Waals surface area (Å²) in [6.45, 7) is 0. The fraction of sp³-hybridized carbons (Fsp3) is 0.300. The molecule has 3 N–H and O–H groups in total. The first-order valence-corrected chi connectivity index (χ1v) is 4.42. The third-order valence-corrected chi connectivity index (χ3v) is 1.86.